The summed E-state index contributed by atoms with van der Waals surface area (Å²) in [5.74, 6) is -0.538. The third-order valence-corrected chi connectivity index (χ3v) is 7.37. The van der Waals surface area contributed by atoms with E-state index in [4.69, 9.17) is 0 Å². The van der Waals surface area contributed by atoms with Crippen molar-refractivity contribution in [2.24, 2.45) is 21.6 Å². The van der Waals surface area contributed by atoms with E-state index in [-0.39, 0.29) is 35.2 Å². The monoisotopic (exact) mass is 478 g/mol. The summed E-state index contributed by atoms with van der Waals surface area (Å²) in [6, 6.07) is 6.86. The van der Waals surface area contributed by atoms with Crippen molar-refractivity contribution < 1.29 is 20.1 Å². The number of azo groups is 1. The van der Waals surface area contributed by atoms with Crippen LogP contribution in [0.3, 0.4) is 0 Å². The van der Waals surface area contributed by atoms with Gasteiger partial charge in [-0.3, -0.25) is 0 Å². The van der Waals surface area contributed by atoms with Crippen LogP contribution in [0.1, 0.15) is 70.2 Å². The molecule has 1 atom stereocenters. The summed E-state index contributed by atoms with van der Waals surface area (Å²) >= 11 is 0. The molecule has 8 heteroatoms. The lowest BCUT2D eigenvalue weighted by molar-refractivity contribution is -0.141. The van der Waals surface area contributed by atoms with E-state index >= 15 is 0 Å². The number of hydrogen-bond acceptors (Lipinski definition) is 6. The third kappa shape index (κ3) is 4.88. The highest BCUT2D eigenvalue weighted by Gasteiger charge is 2.40. The summed E-state index contributed by atoms with van der Waals surface area (Å²) in [5, 5.41) is 44.2. The molecular weight excluding hydrogens is 444 g/mol. The first-order valence-electron chi connectivity index (χ1n) is 12.1. The normalized spacial score (nSPS) is 25.1. The quantitative estimate of drug-likeness (QED) is 0.434. The van der Waals surface area contributed by atoms with Crippen molar-refractivity contribution >= 4 is 17.2 Å². The Bertz CT molecular complexity index is 1200. The lowest BCUT2D eigenvalue weighted by Crippen LogP contribution is -2.35. The Balaban J connectivity index is 1.58. The minimum atomic E-state index is -1.65. The molecule has 0 bridgehead atoms. The second-order valence-electron chi connectivity index (χ2n) is 10.7. The molecule has 0 radical (unpaired) electrons. The third-order valence-electron chi connectivity index (χ3n) is 7.37. The molecule has 1 saturated carbocycles. The number of nitrogens with zero attached hydrogens (tertiary/aromatic N) is 4. The highest BCUT2D eigenvalue weighted by atomic mass is 16.4. The number of allylic oxidation sites excluding steroid dienone is 2. The standard InChI is InChI=1S/C27H34N4O4/c1-17-23(24(33)31(29-17)20-13-11-19(12-14-20)26(2,3)4)28-30-27(25(34)35)15-7-8-18(16-27)21-9-5-6-10-22(21)32/h5-10,15,19-20,32-33H,11-14,16H2,1-4H3,(H,34,35). The largest absolute Gasteiger partial charge is 0.507 e. The number of aliphatic carboxylic acids is 1. The fraction of sp³-hybridized carbons (Fsp3) is 0.481. The lowest BCUT2D eigenvalue weighted by Gasteiger charge is -2.37. The number of phenolic OH excluding ortho intramolecular Hbond substituents is 1. The second kappa shape index (κ2) is 9.32. The van der Waals surface area contributed by atoms with Gasteiger partial charge < -0.3 is 15.3 Å². The SMILES string of the molecule is Cc1nn(C2CCC(C(C)(C)C)CC2)c(O)c1N=NC1(C(=O)O)C=CC=C(c2ccccc2O)C1. The lowest BCUT2D eigenvalue weighted by atomic mass is 9.71. The molecule has 0 aliphatic heterocycles. The zero-order valence-electron chi connectivity index (χ0n) is 20.8. The number of carboxylic acid groups (broad SMARTS) is 1. The Morgan fingerprint density at radius 1 is 1.14 bits per heavy atom. The van der Waals surface area contributed by atoms with Gasteiger partial charge in [0.25, 0.3) is 0 Å². The maximum atomic E-state index is 12.3. The van der Waals surface area contributed by atoms with E-state index < -0.39 is 11.5 Å². The van der Waals surface area contributed by atoms with Crippen molar-refractivity contribution in [3.8, 4) is 11.6 Å². The van der Waals surface area contributed by atoms with E-state index in [0.29, 0.717) is 22.7 Å². The molecule has 1 unspecified atom stereocenters. The summed E-state index contributed by atoms with van der Waals surface area (Å²) in [5.41, 5.74) is 0.485. The van der Waals surface area contributed by atoms with E-state index in [2.05, 4.69) is 36.1 Å². The molecule has 1 fully saturated rings. The average Bonchev–Trinajstić information content (AvgIpc) is 3.10. The van der Waals surface area contributed by atoms with Crippen molar-refractivity contribution in [3.63, 3.8) is 0 Å². The fourth-order valence-corrected chi connectivity index (χ4v) is 5.14. The summed E-state index contributed by atoms with van der Waals surface area (Å²) in [6.45, 7) is 8.54. The Hall–Kier alpha value is -3.42. The minimum absolute atomic E-state index is 0.0185. The van der Waals surface area contributed by atoms with Gasteiger partial charge in [-0.05, 0) is 61.7 Å². The van der Waals surface area contributed by atoms with Gasteiger partial charge in [0.15, 0.2) is 5.69 Å². The molecule has 1 aromatic carbocycles. The van der Waals surface area contributed by atoms with Crippen molar-refractivity contribution in [3.05, 3.63) is 53.8 Å². The topological polar surface area (TPSA) is 120 Å². The van der Waals surface area contributed by atoms with Crippen LogP contribution in [0.15, 0.2) is 52.7 Å². The highest BCUT2D eigenvalue weighted by Crippen LogP contribution is 2.44. The number of aryl methyl sites for hydroxylation is 1. The number of carboxylic acids is 1. The maximum Gasteiger partial charge on any atom is 0.337 e. The number of benzene rings is 1. The van der Waals surface area contributed by atoms with E-state index in [1.54, 1.807) is 48.0 Å². The van der Waals surface area contributed by atoms with Crippen LogP contribution < -0.4 is 0 Å². The number of hydrogen-bond donors (Lipinski definition) is 3. The zero-order valence-corrected chi connectivity index (χ0v) is 20.8. The van der Waals surface area contributed by atoms with Gasteiger partial charge >= 0.3 is 5.97 Å². The fourth-order valence-electron chi connectivity index (χ4n) is 5.14. The first kappa shape index (κ1) is 24.7. The van der Waals surface area contributed by atoms with Crippen molar-refractivity contribution in [1.82, 2.24) is 9.78 Å². The molecule has 8 nitrogen and oxygen atoms in total. The highest BCUT2D eigenvalue weighted by molar-refractivity contribution is 5.88. The summed E-state index contributed by atoms with van der Waals surface area (Å²) < 4.78 is 1.63. The molecule has 3 N–H and O–H groups in total. The molecule has 4 rings (SSSR count). The number of rotatable bonds is 5. The van der Waals surface area contributed by atoms with Crippen LogP contribution in [0.25, 0.3) is 5.57 Å². The van der Waals surface area contributed by atoms with Gasteiger partial charge in [-0.15, -0.1) is 5.11 Å². The predicted octanol–water partition coefficient (Wildman–Crippen LogP) is 6.33. The van der Waals surface area contributed by atoms with Gasteiger partial charge in [0.05, 0.1) is 11.7 Å². The second-order valence-corrected chi connectivity index (χ2v) is 10.7. The van der Waals surface area contributed by atoms with E-state index in [1.165, 1.54) is 6.08 Å². The first-order chi connectivity index (χ1) is 16.5. The van der Waals surface area contributed by atoms with E-state index in [0.717, 1.165) is 25.7 Å². The Kier molecular flexibility index (Phi) is 6.58. The van der Waals surface area contributed by atoms with E-state index in [1.807, 2.05) is 0 Å². The van der Waals surface area contributed by atoms with E-state index in [9.17, 15) is 20.1 Å². The molecule has 2 aromatic rings. The van der Waals surface area contributed by atoms with Gasteiger partial charge in [-0.25, -0.2) is 9.48 Å². The van der Waals surface area contributed by atoms with Gasteiger partial charge in [0.2, 0.25) is 11.4 Å². The summed E-state index contributed by atoms with van der Waals surface area (Å²) in [4.78, 5) is 12.3. The Morgan fingerprint density at radius 2 is 1.83 bits per heavy atom. The van der Waals surface area contributed by atoms with Crippen LogP contribution in [0.5, 0.6) is 11.6 Å². The Morgan fingerprint density at radius 3 is 2.46 bits per heavy atom. The van der Waals surface area contributed by atoms with Crippen LogP contribution in [-0.4, -0.2) is 36.6 Å². The number of para-hydroxylation sites is 1. The van der Waals surface area contributed by atoms with Gasteiger partial charge in [0, 0.05) is 12.0 Å². The van der Waals surface area contributed by atoms with Crippen molar-refractivity contribution in [2.75, 3.05) is 0 Å². The minimum Gasteiger partial charge on any atom is -0.507 e. The molecule has 1 aromatic heterocycles. The number of carbonyl (C=O) groups is 1. The van der Waals surface area contributed by atoms with Crippen LogP contribution in [-0.2, 0) is 4.79 Å². The van der Waals surface area contributed by atoms with Crippen molar-refractivity contribution in [1.29, 1.82) is 0 Å². The molecule has 0 amide bonds. The van der Waals surface area contributed by atoms with Gasteiger partial charge in [0.1, 0.15) is 5.75 Å². The number of phenols is 1. The summed E-state index contributed by atoms with van der Waals surface area (Å²) in [7, 11) is 0. The maximum absolute atomic E-state index is 12.3. The number of aromatic nitrogens is 2. The van der Waals surface area contributed by atoms with Gasteiger partial charge in [-0.1, -0.05) is 51.1 Å². The molecule has 186 valence electrons. The molecule has 35 heavy (non-hydrogen) atoms. The van der Waals surface area contributed by atoms with Gasteiger partial charge in [-0.2, -0.15) is 10.2 Å². The van der Waals surface area contributed by atoms with Crippen LogP contribution in [0.4, 0.5) is 5.69 Å². The molecular formula is C27H34N4O4. The molecule has 1 heterocycles. The summed E-state index contributed by atoms with van der Waals surface area (Å²) in [6.07, 6.45) is 8.85. The zero-order chi connectivity index (χ0) is 25.4. The predicted molar refractivity (Wildman–Crippen MR) is 134 cm³/mol. The van der Waals surface area contributed by atoms with Crippen LogP contribution in [0.2, 0.25) is 0 Å². The van der Waals surface area contributed by atoms with Crippen molar-refractivity contribution in [2.45, 2.75) is 71.4 Å². The molecule has 0 spiro atoms. The Labute approximate surface area is 205 Å². The smallest absolute Gasteiger partial charge is 0.337 e. The van der Waals surface area contributed by atoms with Crippen LogP contribution >= 0.6 is 0 Å². The molecule has 2 aliphatic carbocycles. The molecule has 0 saturated heterocycles. The van der Waals surface area contributed by atoms with Crippen LogP contribution in [0, 0.1) is 18.3 Å². The number of aromatic hydroxyl groups is 2. The molecule has 2 aliphatic rings. The average molecular weight is 479 g/mol. The first-order valence-corrected chi connectivity index (χ1v) is 12.1.